The minimum absolute atomic E-state index is 0.125. The highest BCUT2D eigenvalue weighted by molar-refractivity contribution is 6.30. The van der Waals surface area contributed by atoms with Crippen molar-refractivity contribution in [3.05, 3.63) is 81.6 Å². The largest absolute Gasteiger partial charge is 0.378 e. The van der Waals surface area contributed by atoms with Gasteiger partial charge in [-0.15, -0.1) is 0 Å². The van der Waals surface area contributed by atoms with Crippen LogP contribution >= 0.6 is 11.6 Å². The van der Waals surface area contributed by atoms with Crippen molar-refractivity contribution < 1.29 is 18.3 Å². The molecule has 1 aliphatic carbocycles. The van der Waals surface area contributed by atoms with E-state index in [4.69, 9.17) is 16.3 Å². The quantitative estimate of drug-likeness (QED) is 0.323. The van der Waals surface area contributed by atoms with E-state index >= 15 is 0 Å². The van der Waals surface area contributed by atoms with Crippen LogP contribution < -0.4 is 15.9 Å². The Morgan fingerprint density at radius 2 is 1.76 bits per heavy atom. The molecule has 220 valence electrons. The van der Waals surface area contributed by atoms with Crippen molar-refractivity contribution in [2.75, 3.05) is 31.2 Å². The number of ether oxygens (including phenoxy) is 1. The van der Waals surface area contributed by atoms with Gasteiger partial charge in [-0.1, -0.05) is 23.7 Å². The number of para-hydroxylation sites is 2. The number of imidazole rings is 1. The Morgan fingerprint density at radius 1 is 1.02 bits per heavy atom. The fourth-order valence-corrected chi connectivity index (χ4v) is 6.10. The normalized spacial score (nSPS) is 19.4. The number of amides is 1. The van der Waals surface area contributed by atoms with Crippen molar-refractivity contribution in [2.24, 2.45) is 5.92 Å². The van der Waals surface area contributed by atoms with Crippen molar-refractivity contribution in [3.63, 3.8) is 0 Å². The lowest BCUT2D eigenvalue weighted by atomic mass is 9.85. The Morgan fingerprint density at radius 3 is 2.45 bits per heavy atom. The Bertz CT molecular complexity index is 1630. The van der Waals surface area contributed by atoms with Gasteiger partial charge in [-0.05, 0) is 61.9 Å². The Balaban J connectivity index is 1.15. The summed E-state index contributed by atoms with van der Waals surface area (Å²) >= 11 is 5.91. The summed E-state index contributed by atoms with van der Waals surface area (Å²) in [6.07, 6.45) is 2.89. The van der Waals surface area contributed by atoms with Gasteiger partial charge in [-0.2, -0.15) is 0 Å². The molecule has 3 aromatic heterocycles. The van der Waals surface area contributed by atoms with Crippen LogP contribution in [0.3, 0.4) is 0 Å². The van der Waals surface area contributed by atoms with Gasteiger partial charge < -0.3 is 15.0 Å². The number of alkyl halides is 2. The van der Waals surface area contributed by atoms with Gasteiger partial charge in [0.1, 0.15) is 11.5 Å². The monoisotopic (exact) mass is 596 g/mol. The Labute approximate surface area is 246 Å². The van der Waals surface area contributed by atoms with Crippen LogP contribution in [0.2, 0.25) is 5.02 Å². The van der Waals surface area contributed by atoms with Crippen molar-refractivity contribution in [1.82, 2.24) is 24.4 Å². The maximum absolute atomic E-state index is 13.8. The van der Waals surface area contributed by atoms with E-state index in [0.29, 0.717) is 38.3 Å². The van der Waals surface area contributed by atoms with Gasteiger partial charge in [-0.25, -0.2) is 18.6 Å². The van der Waals surface area contributed by atoms with Crippen LogP contribution in [-0.2, 0) is 11.3 Å². The smallest absolute Gasteiger partial charge is 0.333 e. The highest BCUT2D eigenvalue weighted by Crippen LogP contribution is 2.29. The number of pyridine rings is 2. The van der Waals surface area contributed by atoms with Crippen molar-refractivity contribution in [1.29, 1.82) is 0 Å². The van der Waals surface area contributed by atoms with Crippen LogP contribution in [0.4, 0.5) is 14.6 Å². The molecule has 4 heterocycles. The molecule has 0 spiro atoms. The topological polar surface area (TPSA) is 94.3 Å². The number of benzene rings is 1. The van der Waals surface area contributed by atoms with Crippen LogP contribution in [-0.4, -0.2) is 57.4 Å². The summed E-state index contributed by atoms with van der Waals surface area (Å²) in [4.78, 5) is 37.0. The number of nitrogens with one attached hydrogen (secondary N) is 1. The van der Waals surface area contributed by atoms with E-state index in [9.17, 15) is 18.4 Å². The number of carbonyl (C=O) groups is 1. The molecule has 1 saturated heterocycles. The van der Waals surface area contributed by atoms with E-state index in [1.165, 1.54) is 6.07 Å². The van der Waals surface area contributed by atoms with Gasteiger partial charge in [0.15, 0.2) is 0 Å². The zero-order valence-corrected chi connectivity index (χ0v) is 23.6. The second kappa shape index (κ2) is 12.2. The number of fused-ring (bicyclic) bond motifs is 1. The van der Waals surface area contributed by atoms with E-state index in [1.807, 2.05) is 41.0 Å². The van der Waals surface area contributed by atoms with E-state index in [0.717, 1.165) is 49.0 Å². The SMILES string of the molecule is O=C(N[C@H]1CC[C@H](Cn2c(=O)n(-c3ccc(N4CCOCC4)nc3)c3ccccc32)CC1)c1cc(Cl)cnc1C(F)F. The minimum atomic E-state index is -2.88. The third-order valence-electron chi connectivity index (χ3n) is 8.12. The van der Waals surface area contributed by atoms with Gasteiger partial charge in [0.05, 0.1) is 46.7 Å². The average Bonchev–Trinajstić information content (AvgIpc) is 3.29. The summed E-state index contributed by atoms with van der Waals surface area (Å²) in [5.41, 5.74) is 1.47. The molecule has 1 amide bonds. The zero-order valence-electron chi connectivity index (χ0n) is 22.9. The number of hydrogen-bond donors (Lipinski definition) is 1. The van der Waals surface area contributed by atoms with Gasteiger partial charge in [0.2, 0.25) is 0 Å². The molecule has 9 nitrogen and oxygen atoms in total. The molecule has 0 bridgehead atoms. The van der Waals surface area contributed by atoms with Crippen LogP contribution in [0.15, 0.2) is 59.7 Å². The lowest BCUT2D eigenvalue weighted by molar-refractivity contribution is 0.0904. The lowest BCUT2D eigenvalue weighted by Crippen LogP contribution is -2.39. The Kier molecular flexibility index (Phi) is 8.21. The first-order valence-electron chi connectivity index (χ1n) is 14.1. The van der Waals surface area contributed by atoms with E-state index in [-0.39, 0.29) is 28.2 Å². The second-order valence-electron chi connectivity index (χ2n) is 10.8. The standard InChI is InChI=1S/C30H31ClF2N6O3/c31-20-15-23(27(28(32)33)35-16-20)29(40)36-21-7-5-19(6-8-21)18-38-24-3-1-2-4-25(24)39(30(38)41)22-9-10-26(34-17-22)37-11-13-42-14-12-37/h1-4,9-10,15-17,19,21,28H,5-8,11-14,18H2,(H,36,40)/t19-,21-. The molecule has 6 rings (SSSR count). The fraction of sp³-hybridized carbons (Fsp3) is 0.400. The fourth-order valence-electron chi connectivity index (χ4n) is 5.94. The molecule has 12 heteroatoms. The number of morpholine rings is 1. The molecule has 1 saturated carbocycles. The lowest BCUT2D eigenvalue weighted by Gasteiger charge is -2.29. The number of nitrogens with zero attached hydrogens (tertiary/aromatic N) is 5. The average molecular weight is 597 g/mol. The summed E-state index contributed by atoms with van der Waals surface area (Å²) in [6.45, 7) is 3.45. The number of anilines is 1. The molecule has 1 N–H and O–H groups in total. The van der Waals surface area contributed by atoms with Crippen LogP contribution in [0.25, 0.3) is 16.7 Å². The van der Waals surface area contributed by atoms with Gasteiger partial charge in [-0.3, -0.25) is 18.9 Å². The molecular weight excluding hydrogens is 566 g/mol. The van der Waals surface area contributed by atoms with E-state index in [2.05, 4.69) is 20.2 Å². The summed E-state index contributed by atoms with van der Waals surface area (Å²) in [5, 5.41) is 3.00. The molecule has 2 aliphatic rings. The predicted molar refractivity (Wildman–Crippen MR) is 156 cm³/mol. The van der Waals surface area contributed by atoms with Gasteiger partial charge in [0, 0.05) is 31.9 Å². The number of hydrogen-bond acceptors (Lipinski definition) is 6. The molecule has 0 unspecified atom stereocenters. The second-order valence-corrected chi connectivity index (χ2v) is 11.2. The molecule has 1 aromatic carbocycles. The van der Waals surface area contributed by atoms with Crippen LogP contribution in [0.1, 0.15) is 48.2 Å². The first-order chi connectivity index (χ1) is 20.4. The zero-order chi connectivity index (χ0) is 29.2. The van der Waals surface area contributed by atoms with Crippen molar-refractivity contribution >= 4 is 34.4 Å². The first kappa shape index (κ1) is 28.3. The molecule has 4 aromatic rings. The molecule has 0 radical (unpaired) electrons. The Hall–Kier alpha value is -3.83. The number of halogens is 3. The summed E-state index contributed by atoms with van der Waals surface area (Å²) in [7, 11) is 0. The highest BCUT2D eigenvalue weighted by atomic mass is 35.5. The van der Waals surface area contributed by atoms with E-state index in [1.54, 1.807) is 10.8 Å². The number of rotatable bonds is 7. The predicted octanol–water partition coefficient (Wildman–Crippen LogP) is 5.00. The van der Waals surface area contributed by atoms with Gasteiger partial charge in [0.25, 0.3) is 12.3 Å². The van der Waals surface area contributed by atoms with Gasteiger partial charge >= 0.3 is 5.69 Å². The highest BCUT2D eigenvalue weighted by Gasteiger charge is 2.27. The third-order valence-corrected chi connectivity index (χ3v) is 8.33. The van der Waals surface area contributed by atoms with Crippen LogP contribution in [0.5, 0.6) is 0 Å². The molecule has 2 fully saturated rings. The maximum Gasteiger partial charge on any atom is 0.333 e. The van der Waals surface area contributed by atoms with Crippen molar-refractivity contribution in [3.8, 4) is 5.69 Å². The molecule has 42 heavy (non-hydrogen) atoms. The number of carbonyl (C=O) groups excluding carboxylic acids is 1. The summed E-state index contributed by atoms with van der Waals surface area (Å²) in [6, 6.07) is 12.7. The summed E-state index contributed by atoms with van der Waals surface area (Å²) < 4.78 is 35.7. The maximum atomic E-state index is 13.8. The van der Waals surface area contributed by atoms with Crippen molar-refractivity contribution in [2.45, 2.75) is 44.7 Å². The number of aromatic nitrogens is 4. The third kappa shape index (κ3) is 5.76. The minimum Gasteiger partial charge on any atom is -0.378 e. The molecule has 1 aliphatic heterocycles. The molecule has 0 atom stereocenters. The first-order valence-corrected chi connectivity index (χ1v) is 14.5. The summed E-state index contributed by atoms with van der Waals surface area (Å²) in [5.74, 6) is 0.484. The molecular formula is C30H31ClF2N6O3. The van der Waals surface area contributed by atoms with E-state index < -0.39 is 18.0 Å². The van der Waals surface area contributed by atoms with Crippen LogP contribution in [0, 0.1) is 5.92 Å².